The van der Waals surface area contributed by atoms with Crippen LogP contribution in [0.3, 0.4) is 0 Å². The van der Waals surface area contributed by atoms with Crippen LogP contribution >= 0.6 is 0 Å². The van der Waals surface area contributed by atoms with E-state index in [-0.39, 0.29) is 35.4 Å². The van der Waals surface area contributed by atoms with Gasteiger partial charge in [0.25, 0.3) is 0 Å². The summed E-state index contributed by atoms with van der Waals surface area (Å²) in [7, 11) is -2.37. The molecular formula is C13H20N2O5S. The third kappa shape index (κ3) is 4.61. The van der Waals surface area contributed by atoms with E-state index >= 15 is 0 Å². The van der Waals surface area contributed by atoms with E-state index in [9.17, 15) is 13.2 Å². The molecule has 0 radical (unpaired) electrons. The molecule has 0 aliphatic rings. The Hall–Kier alpha value is -1.80. The molecule has 0 heterocycles. The van der Waals surface area contributed by atoms with Crippen LogP contribution in [-0.2, 0) is 14.8 Å². The summed E-state index contributed by atoms with van der Waals surface area (Å²) < 4.78 is 30.6. The van der Waals surface area contributed by atoms with Crippen molar-refractivity contribution in [1.29, 1.82) is 0 Å². The number of carboxylic acid groups (broad SMARTS) is 1. The molecular weight excluding hydrogens is 296 g/mol. The molecule has 1 aromatic rings. The SMILES string of the molecule is CC(C)OCCS(=O)(=O)N(C)c1ccc(N)cc1C(=O)O. The van der Waals surface area contributed by atoms with Gasteiger partial charge in [-0.05, 0) is 32.0 Å². The number of anilines is 2. The first-order valence-electron chi connectivity index (χ1n) is 6.36. The van der Waals surface area contributed by atoms with Crippen molar-refractivity contribution in [3.8, 4) is 0 Å². The standard InChI is InChI=1S/C13H20N2O5S/c1-9(2)20-6-7-21(18,19)15(3)12-5-4-10(14)8-11(12)13(16)17/h4-5,8-9H,6-7,14H2,1-3H3,(H,16,17). The molecule has 0 amide bonds. The number of sulfonamides is 1. The lowest BCUT2D eigenvalue weighted by atomic mass is 10.1. The predicted molar refractivity (Wildman–Crippen MR) is 81.1 cm³/mol. The van der Waals surface area contributed by atoms with Gasteiger partial charge in [0.2, 0.25) is 10.0 Å². The molecule has 0 spiro atoms. The topological polar surface area (TPSA) is 110 Å². The van der Waals surface area contributed by atoms with Crippen molar-refractivity contribution in [3.05, 3.63) is 23.8 Å². The second-order valence-corrected chi connectivity index (χ2v) is 6.90. The molecule has 0 saturated carbocycles. The van der Waals surface area contributed by atoms with Crippen molar-refractivity contribution in [2.24, 2.45) is 0 Å². The number of carbonyl (C=O) groups is 1. The first-order valence-corrected chi connectivity index (χ1v) is 7.97. The van der Waals surface area contributed by atoms with Crippen molar-refractivity contribution in [2.75, 3.05) is 29.4 Å². The number of nitrogens with zero attached hydrogens (tertiary/aromatic N) is 1. The monoisotopic (exact) mass is 316 g/mol. The zero-order valence-electron chi connectivity index (χ0n) is 12.2. The summed E-state index contributed by atoms with van der Waals surface area (Å²) in [5.74, 6) is -1.47. The number of carboxylic acids is 1. The maximum Gasteiger partial charge on any atom is 0.337 e. The minimum atomic E-state index is -3.67. The number of ether oxygens (including phenoxy) is 1. The van der Waals surface area contributed by atoms with E-state index in [1.807, 2.05) is 0 Å². The highest BCUT2D eigenvalue weighted by Gasteiger charge is 2.23. The maximum atomic E-state index is 12.2. The highest BCUT2D eigenvalue weighted by molar-refractivity contribution is 7.92. The quantitative estimate of drug-likeness (QED) is 0.730. The van der Waals surface area contributed by atoms with Crippen LogP contribution in [0.1, 0.15) is 24.2 Å². The van der Waals surface area contributed by atoms with Gasteiger partial charge in [0.15, 0.2) is 0 Å². The van der Waals surface area contributed by atoms with Gasteiger partial charge in [-0.2, -0.15) is 0 Å². The molecule has 0 unspecified atom stereocenters. The fraction of sp³-hybridized carbons (Fsp3) is 0.462. The third-order valence-corrected chi connectivity index (χ3v) is 4.51. The van der Waals surface area contributed by atoms with Gasteiger partial charge < -0.3 is 15.6 Å². The fourth-order valence-corrected chi connectivity index (χ4v) is 2.72. The number of rotatable bonds is 7. The Morgan fingerprint density at radius 3 is 2.57 bits per heavy atom. The van der Waals surface area contributed by atoms with E-state index in [1.54, 1.807) is 13.8 Å². The molecule has 118 valence electrons. The molecule has 0 aromatic heterocycles. The van der Waals surface area contributed by atoms with Gasteiger partial charge >= 0.3 is 5.97 Å². The largest absolute Gasteiger partial charge is 0.478 e. The van der Waals surface area contributed by atoms with Gasteiger partial charge in [-0.25, -0.2) is 13.2 Å². The summed E-state index contributed by atoms with van der Waals surface area (Å²) in [6.07, 6.45) is -0.0726. The summed E-state index contributed by atoms with van der Waals surface area (Å²) in [6.45, 7) is 3.65. The molecule has 7 nitrogen and oxygen atoms in total. The van der Waals surface area contributed by atoms with Crippen LogP contribution in [0.25, 0.3) is 0 Å². The average Bonchev–Trinajstić information content (AvgIpc) is 2.37. The minimum absolute atomic E-state index is 0.0434. The molecule has 0 fully saturated rings. The Morgan fingerprint density at radius 2 is 2.05 bits per heavy atom. The first-order chi connectivity index (χ1) is 9.65. The van der Waals surface area contributed by atoms with Crippen LogP contribution in [0.15, 0.2) is 18.2 Å². The second-order valence-electron chi connectivity index (χ2n) is 4.78. The fourth-order valence-electron chi connectivity index (χ4n) is 1.68. The van der Waals surface area contributed by atoms with Gasteiger partial charge in [0, 0.05) is 12.7 Å². The Kier molecular flexibility index (Phi) is 5.56. The molecule has 0 saturated heterocycles. The Bertz CT molecular complexity index is 613. The second kappa shape index (κ2) is 6.77. The van der Waals surface area contributed by atoms with Gasteiger partial charge in [-0.1, -0.05) is 0 Å². The van der Waals surface area contributed by atoms with Gasteiger partial charge in [0.05, 0.1) is 29.7 Å². The third-order valence-electron chi connectivity index (χ3n) is 2.80. The van der Waals surface area contributed by atoms with Crippen LogP contribution in [0.5, 0.6) is 0 Å². The zero-order valence-corrected chi connectivity index (χ0v) is 13.1. The number of hydrogen-bond donors (Lipinski definition) is 2. The van der Waals surface area contributed by atoms with Crippen LogP contribution in [0.4, 0.5) is 11.4 Å². The van der Waals surface area contributed by atoms with E-state index in [0.717, 1.165) is 4.31 Å². The Balaban J connectivity index is 3.02. The van der Waals surface area contributed by atoms with E-state index in [4.69, 9.17) is 15.6 Å². The van der Waals surface area contributed by atoms with Gasteiger partial charge in [-0.3, -0.25) is 4.31 Å². The molecule has 8 heteroatoms. The Morgan fingerprint density at radius 1 is 1.43 bits per heavy atom. The van der Waals surface area contributed by atoms with Crippen molar-refractivity contribution in [3.63, 3.8) is 0 Å². The summed E-state index contributed by atoms with van der Waals surface area (Å²) in [5.41, 5.74) is 5.70. The van der Waals surface area contributed by atoms with Crippen LogP contribution in [-0.4, -0.2) is 45.0 Å². The molecule has 21 heavy (non-hydrogen) atoms. The molecule has 0 bridgehead atoms. The van der Waals surface area contributed by atoms with Crippen molar-refractivity contribution in [2.45, 2.75) is 20.0 Å². The van der Waals surface area contributed by atoms with E-state index < -0.39 is 16.0 Å². The molecule has 3 N–H and O–H groups in total. The lowest BCUT2D eigenvalue weighted by Crippen LogP contribution is -2.32. The Labute approximate surface area is 124 Å². The number of nitrogens with two attached hydrogens (primary N) is 1. The molecule has 1 aromatic carbocycles. The molecule has 1 rings (SSSR count). The average molecular weight is 316 g/mol. The molecule has 0 atom stereocenters. The van der Waals surface area contributed by atoms with Crippen molar-refractivity contribution < 1.29 is 23.1 Å². The first kappa shape index (κ1) is 17.3. The number of benzene rings is 1. The summed E-state index contributed by atoms with van der Waals surface area (Å²) in [5, 5.41) is 9.15. The van der Waals surface area contributed by atoms with Crippen molar-refractivity contribution >= 4 is 27.4 Å². The smallest absolute Gasteiger partial charge is 0.337 e. The highest BCUT2D eigenvalue weighted by atomic mass is 32.2. The normalized spacial score (nSPS) is 11.6. The van der Waals surface area contributed by atoms with E-state index in [2.05, 4.69) is 0 Å². The zero-order chi connectivity index (χ0) is 16.2. The molecule has 0 aliphatic heterocycles. The summed E-state index contributed by atoms with van der Waals surface area (Å²) in [4.78, 5) is 11.2. The number of nitrogen functional groups attached to an aromatic ring is 1. The number of aromatic carboxylic acids is 1. The summed E-state index contributed by atoms with van der Waals surface area (Å²) in [6, 6.07) is 4.06. The predicted octanol–water partition coefficient (Wildman–Crippen LogP) is 1.16. The number of hydrogen-bond acceptors (Lipinski definition) is 5. The van der Waals surface area contributed by atoms with E-state index in [1.165, 1.54) is 25.2 Å². The van der Waals surface area contributed by atoms with E-state index in [0.29, 0.717) is 0 Å². The lowest BCUT2D eigenvalue weighted by molar-refractivity contribution is 0.0698. The van der Waals surface area contributed by atoms with Crippen LogP contribution in [0.2, 0.25) is 0 Å². The lowest BCUT2D eigenvalue weighted by Gasteiger charge is -2.21. The minimum Gasteiger partial charge on any atom is -0.478 e. The highest BCUT2D eigenvalue weighted by Crippen LogP contribution is 2.24. The van der Waals surface area contributed by atoms with Gasteiger partial charge in [0.1, 0.15) is 0 Å². The maximum absolute atomic E-state index is 12.2. The van der Waals surface area contributed by atoms with Crippen LogP contribution < -0.4 is 10.0 Å². The van der Waals surface area contributed by atoms with Crippen LogP contribution in [0, 0.1) is 0 Å². The van der Waals surface area contributed by atoms with Gasteiger partial charge in [-0.15, -0.1) is 0 Å². The van der Waals surface area contributed by atoms with Crippen molar-refractivity contribution in [1.82, 2.24) is 0 Å². The molecule has 0 aliphatic carbocycles. The summed E-state index contributed by atoms with van der Waals surface area (Å²) >= 11 is 0.